The van der Waals surface area contributed by atoms with Crippen LogP contribution in [-0.4, -0.2) is 42.1 Å². The minimum atomic E-state index is -0.715. The average Bonchev–Trinajstić information content (AvgIpc) is 3.02. The predicted octanol–water partition coefficient (Wildman–Crippen LogP) is 7.75. The van der Waals surface area contributed by atoms with Crippen molar-refractivity contribution in [1.29, 1.82) is 0 Å². The van der Waals surface area contributed by atoms with Crippen LogP contribution >= 0.6 is 0 Å². The van der Waals surface area contributed by atoms with Crippen molar-refractivity contribution in [3.8, 4) is 11.1 Å². The Kier molecular flexibility index (Phi) is 9.59. The molecule has 1 amide bonds. The maximum Gasteiger partial charge on any atom is 0.255 e. The van der Waals surface area contributed by atoms with Crippen molar-refractivity contribution in [1.82, 2.24) is 9.97 Å². The van der Waals surface area contributed by atoms with Gasteiger partial charge in [-0.05, 0) is 73.9 Å². The molecule has 1 fully saturated rings. The molecular weight excluding hydrogens is 510 g/mol. The molecule has 0 bridgehead atoms. The van der Waals surface area contributed by atoms with Crippen LogP contribution in [0.1, 0.15) is 88.9 Å². The van der Waals surface area contributed by atoms with E-state index in [2.05, 4.69) is 73.4 Å². The van der Waals surface area contributed by atoms with E-state index < -0.39 is 6.04 Å². The number of nitrogens with one attached hydrogen (secondary N) is 1. The van der Waals surface area contributed by atoms with Gasteiger partial charge in [-0.15, -0.1) is 0 Å². The lowest BCUT2D eigenvalue weighted by molar-refractivity contribution is -0.117. The van der Waals surface area contributed by atoms with Crippen molar-refractivity contribution in [3.63, 3.8) is 0 Å². The molecule has 4 heterocycles. The van der Waals surface area contributed by atoms with Crippen molar-refractivity contribution in [2.45, 2.75) is 77.8 Å². The first-order valence-corrected chi connectivity index (χ1v) is 15.3. The van der Waals surface area contributed by atoms with E-state index in [1.165, 1.54) is 19.3 Å². The molecule has 0 saturated carbocycles. The number of anilines is 3. The smallest absolute Gasteiger partial charge is 0.255 e. The number of carbonyl (C=O) groups excluding carboxylic acids is 1. The molecule has 8 heteroatoms. The minimum Gasteiger partial charge on any atom is -0.370 e. The number of amides is 1. The molecule has 1 aromatic carbocycles. The summed E-state index contributed by atoms with van der Waals surface area (Å²) in [4.78, 5) is 27.6. The summed E-state index contributed by atoms with van der Waals surface area (Å²) in [7, 11) is 0. The first-order chi connectivity index (χ1) is 20.1. The van der Waals surface area contributed by atoms with Crippen molar-refractivity contribution in [3.05, 3.63) is 66.1 Å². The van der Waals surface area contributed by atoms with Crippen LogP contribution in [0.2, 0.25) is 0 Å². The molecule has 216 valence electrons. The quantitative estimate of drug-likeness (QED) is 0.262. The van der Waals surface area contributed by atoms with Crippen LogP contribution in [0.5, 0.6) is 0 Å². The first kappa shape index (κ1) is 28.7. The van der Waals surface area contributed by atoms with Gasteiger partial charge in [0.15, 0.2) is 6.04 Å². The number of hydrogen-bond donors (Lipinski definition) is 1. The zero-order valence-electron chi connectivity index (χ0n) is 24.7. The summed E-state index contributed by atoms with van der Waals surface area (Å²) >= 11 is 0. The highest BCUT2D eigenvalue weighted by atomic mass is 16.2. The van der Waals surface area contributed by atoms with Crippen molar-refractivity contribution >= 4 is 23.1 Å². The number of benzene rings is 1. The fraction of sp³-hybridized carbons (Fsp3) is 0.485. The van der Waals surface area contributed by atoms with Gasteiger partial charge in [0.25, 0.3) is 5.91 Å². The van der Waals surface area contributed by atoms with Crippen LogP contribution < -0.4 is 15.1 Å². The van der Waals surface area contributed by atoms with E-state index in [0.717, 1.165) is 91.3 Å². The summed E-state index contributed by atoms with van der Waals surface area (Å²) in [5.74, 6) is 0.706. The number of fused-ring (bicyclic) bond motifs is 1. The maximum absolute atomic E-state index is 13.7. The highest BCUT2D eigenvalue weighted by Crippen LogP contribution is 2.38. The molecule has 2 aliphatic rings. The van der Waals surface area contributed by atoms with E-state index in [0.29, 0.717) is 0 Å². The third kappa shape index (κ3) is 6.92. The van der Waals surface area contributed by atoms with Gasteiger partial charge >= 0.3 is 0 Å². The Balaban J connectivity index is 1.37. The lowest BCUT2D eigenvalue weighted by atomic mass is 9.91. The molecule has 1 saturated heterocycles. The first-order valence-electron chi connectivity index (χ1n) is 15.3. The molecule has 2 aliphatic heterocycles. The topological polar surface area (TPSA) is 86.1 Å². The van der Waals surface area contributed by atoms with Gasteiger partial charge in [-0.1, -0.05) is 38.8 Å². The van der Waals surface area contributed by atoms with Crippen molar-refractivity contribution in [2.24, 2.45) is 10.2 Å². The summed E-state index contributed by atoms with van der Waals surface area (Å²) < 4.78 is 0. The number of carbonyl (C=O) groups is 1. The van der Waals surface area contributed by atoms with Gasteiger partial charge in [0.05, 0.1) is 17.9 Å². The van der Waals surface area contributed by atoms with Crippen LogP contribution in [-0.2, 0) is 4.79 Å². The van der Waals surface area contributed by atoms with Crippen LogP contribution in [0.15, 0.2) is 65.2 Å². The summed E-state index contributed by atoms with van der Waals surface area (Å²) in [5.41, 5.74) is 5.89. The summed E-state index contributed by atoms with van der Waals surface area (Å²) in [6, 6.07) is 11.5. The van der Waals surface area contributed by atoms with Crippen LogP contribution in [0.3, 0.4) is 0 Å². The van der Waals surface area contributed by atoms with E-state index in [9.17, 15) is 4.79 Å². The normalized spacial score (nSPS) is 18.2. The van der Waals surface area contributed by atoms with Crippen LogP contribution in [0.25, 0.3) is 11.1 Å². The van der Waals surface area contributed by atoms with E-state index >= 15 is 0 Å². The third-order valence-electron chi connectivity index (χ3n) is 8.11. The summed E-state index contributed by atoms with van der Waals surface area (Å²) in [6.45, 7) is 10.5. The second-order valence-corrected chi connectivity index (χ2v) is 11.2. The highest BCUT2D eigenvalue weighted by Gasteiger charge is 2.29. The number of hydrogen-bond acceptors (Lipinski definition) is 7. The van der Waals surface area contributed by atoms with Gasteiger partial charge in [-0.25, -0.2) is 4.98 Å². The maximum atomic E-state index is 13.7. The van der Waals surface area contributed by atoms with Gasteiger partial charge in [0, 0.05) is 55.9 Å². The zero-order chi connectivity index (χ0) is 28.6. The molecule has 1 N–H and O–H groups in total. The Morgan fingerprint density at radius 3 is 2.46 bits per heavy atom. The molecule has 2 aromatic heterocycles. The number of azo groups is 1. The Morgan fingerprint density at radius 1 is 0.927 bits per heavy atom. The number of aromatic nitrogens is 2. The highest BCUT2D eigenvalue weighted by molar-refractivity contribution is 5.96. The largest absolute Gasteiger partial charge is 0.370 e. The second-order valence-electron chi connectivity index (χ2n) is 11.2. The van der Waals surface area contributed by atoms with E-state index in [1.807, 2.05) is 31.5 Å². The summed E-state index contributed by atoms with van der Waals surface area (Å²) in [6.07, 6.45) is 13.8. The van der Waals surface area contributed by atoms with E-state index in [4.69, 9.17) is 0 Å². The molecule has 0 radical (unpaired) electrons. The van der Waals surface area contributed by atoms with Gasteiger partial charge < -0.3 is 15.1 Å². The van der Waals surface area contributed by atoms with Gasteiger partial charge in [-0.2, -0.15) is 10.2 Å². The minimum absolute atomic E-state index is 0.0980. The number of piperidine rings is 1. The molecule has 3 aromatic rings. The Bertz CT molecular complexity index is 1340. The summed E-state index contributed by atoms with van der Waals surface area (Å²) in [5, 5.41) is 12.0. The van der Waals surface area contributed by atoms with Crippen LogP contribution in [0.4, 0.5) is 17.2 Å². The van der Waals surface area contributed by atoms with Gasteiger partial charge in [0.2, 0.25) is 0 Å². The zero-order valence-corrected chi connectivity index (χ0v) is 24.7. The lowest BCUT2D eigenvalue weighted by Crippen LogP contribution is -2.29. The Morgan fingerprint density at radius 2 is 1.71 bits per heavy atom. The molecule has 2 unspecified atom stereocenters. The monoisotopic (exact) mass is 553 g/mol. The lowest BCUT2D eigenvalue weighted by Gasteiger charge is -2.29. The van der Waals surface area contributed by atoms with E-state index in [-0.39, 0.29) is 11.9 Å². The van der Waals surface area contributed by atoms with Crippen molar-refractivity contribution in [2.75, 3.05) is 41.3 Å². The molecule has 8 nitrogen and oxygen atoms in total. The SMILES string of the molecule is CCCCN(CCCC)c1cc(NC(=O)C2N=NC(C)c3ccc(-c4cncc(N5CCCCC5)c4)cc32)ccn1. The number of unbranched alkanes of at least 4 members (excludes halogenated alkanes) is 2. The fourth-order valence-corrected chi connectivity index (χ4v) is 5.69. The fourth-order valence-electron chi connectivity index (χ4n) is 5.69. The molecule has 0 spiro atoms. The standard InChI is InChI=1S/C33H43N7O/c1-4-6-15-40(16-7-5-2)31-21-27(13-14-35-31)36-33(41)32-30-20-25(11-12-29(30)24(3)37-38-32)26-19-28(23-34-22-26)39-17-9-8-10-18-39/h11-14,19-24,32H,4-10,15-18H2,1-3H3,(H,35,36,41). The Hall–Kier alpha value is -3.81. The predicted molar refractivity (Wildman–Crippen MR) is 167 cm³/mol. The number of nitrogens with zero attached hydrogens (tertiary/aromatic N) is 6. The van der Waals surface area contributed by atoms with E-state index in [1.54, 1.807) is 6.20 Å². The third-order valence-corrected chi connectivity index (χ3v) is 8.11. The molecule has 5 rings (SSSR count). The van der Waals surface area contributed by atoms with Gasteiger partial charge in [0.1, 0.15) is 5.82 Å². The Labute approximate surface area is 244 Å². The van der Waals surface area contributed by atoms with Crippen LogP contribution in [0, 0.1) is 0 Å². The molecular formula is C33H43N7O. The van der Waals surface area contributed by atoms with Crippen molar-refractivity contribution < 1.29 is 4.79 Å². The molecule has 0 aliphatic carbocycles. The molecule has 2 atom stereocenters. The molecule has 41 heavy (non-hydrogen) atoms. The second kappa shape index (κ2) is 13.7. The number of rotatable bonds is 11. The average molecular weight is 554 g/mol. The number of pyridine rings is 2. The van der Waals surface area contributed by atoms with Gasteiger partial charge in [-0.3, -0.25) is 9.78 Å².